The molecule has 0 aliphatic heterocycles. The molecule has 0 bridgehead atoms. The second-order valence-corrected chi connectivity index (χ2v) is 10.1. The first-order chi connectivity index (χ1) is 16.1. The van der Waals surface area contributed by atoms with E-state index in [0.29, 0.717) is 24.2 Å². The third-order valence-corrected chi connectivity index (χ3v) is 7.24. The zero-order valence-corrected chi connectivity index (χ0v) is 18.7. The lowest BCUT2D eigenvalue weighted by Crippen LogP contribution is -2.43. The summed E-state index contributed by atoms with van der Waals surface area (Å²) in [4.78, 5) is 17.0. The summed E-state index contributed by atoms with van der Waals surface area (Å²) in [5.41, 5.74) is 8.34. The van der Waals surface area contributed by atoms with E-state index in [2.05, 4.69) is 15.4 Å². The molecule has 186 valence electrons. The number of hydrogen-bond acceptors (Lipinski definition) is 5. The van der Waals surface area contributed by atoms with Crippen LogP contribution in [0.2, 0.25) is 0 Å². The van der Waals surface area contributed by atoms with Gasteiger partial charge in [0.15, 0.2) is 5.65 Å². The van der Waals surface area contributed by atoms with Gasteiger partial charge in [-0.3, -0.25) is 4.79 Å². The number of ether oxygens (including phenoxy) is 1. The number of alkyl halides is 4. The van der Waals surface area contributed by atoms with E-state index in [0.717, 1.165) is 18.4 Å². The number of nitrogens with one attached hydrogen (secondary N) is 1. The fraction of sp³-hybridized carbons (Fsp3) is 0.696. The molecule has 2 aromatic heterocycles. The Hall–Kier alpha value is -2.27. The van der Waals surface area contributed by atoms with Crippen LogP contribution in [-0.2, 0) is 9.53 Å². The Bertz CT molecular complexity index is 1040. The van der Waals surface area contributed by atoms with Gasteiger partial charge in [-0.15, -0.1) is 0 Å². The largest absolute Gasteiger partial charge is 0.368 e. The topological polar surface area (TPSA) is 94.5 Å². The van der Waals surface area contributed by atoms with Crippen molar-refractivity contribution in [2.75, 3.05) is 6.61 Å². The van der Waals surface area contributed by atoms with Crippen LogP contribution in [0.3, 0.4) is 0 Å². The van der Waals surface area contributed by atoms with Crippen molar-refractivity contribution in [1.29, 1.82) is 0 Å². The molecule has 2 aromatic rings. The van der Waals surface area contributed by atoms with Gasteiger partial charge in [-0.25, -0.2) is 27.1 Å². The van der Waals surface area contributed by atoms with E-state index in [4.69, 9.17) is 10.5 Å². The fourth-order valence-corrected chi connectivity index (χ4v) is 4.94. The van der Waals surface area contributed by atoms with Crippen LogP contribution in [0, 0.1) is 11.8 Å². The number of nitrogens with zero attached hydrogens (tertiary/aromatic N) is 3. The molecular weight excluding hydrogens is 454 g/mol. The summed E-state index contributed by atoms with van der Waals surface area (Å²) in [6.45, 7) is -0.261. The van der Waals surface area contributed by atoms with Crippen molar-refractivity contribution in [2.24, 2.45) is 17.6 Å². The smallest absolute Gasteiger partial charge is 0.253 e. The number of carbonyl (C=O) groups is 1. The Morgan fingerprint density at radius 1 is 1.15 bits per heavy atom. The molecule has 0 unspecified atom stereocenters. The molecule has 34 heavy (non-hydrogen) atoms. The third kappa shape index (κ3) is 5.19. The Balaban J connectivity index is 1.24. The molecule has 0 radical (unpaired) electrons. The Kier molecular flexibility index (Phi) is 6.04. The minimum atomic E-state index is -2.69. The van der Waals surface area contributed by atoms with Gasteiger partial charge in [-0.2, -0.15) is 5.10 Å². The fourth-order valence-electron chi connectivity index (χ4n) is 4.94. The molecule has 3 aliphatic rings. The monoisotopic (exact) mass is 483 g/mol. The summed E-state index contributed by atoms with van der Waals surface area (Å²) >= 11 is 0. The zero-order chi connectivity index (χ0) is 24.1. The highest BCUT2D eigenvalue weighted by atomic mass is 19.3. The molecule has 2 heterocycles. The Morgan fingerprint density at radius 2 is 1.85 bits per heavy atom. The predicted molar refractivity (Wildman–Crippen MR) is 114 cm³/mol. The van der Waals surface area contributed by atoms with Gasteiger partial charge in [0.05, 0.1) is 36.3 Å². The van der Waals surface area contributed by atoms with Crippen molar-refractivity contribution < 1.29 is 27.1 Å². The highest BCUT2D eigenvalue weighted by Crippen LogP contribution is 2.42. The number of fused-ring (bicyclic) bond motifs is 1. The molecule has 3 saturated carbocycles. The maximum Gasteiger partial charge on any atom is 0.253 e. The molecular formula is C23H29F4N5O2. The minimum absolute atomic E-state index is 0.0573. The van der Waals surface area contributed by atoms with E-state index in [-0.39, 0.29) is 56.1 Å². The Labute approximate surface area is 194 Å². The number of nitrogens with two attached hydrogens (primary N) is 1. The number of halogens is 4. The van der Waals surface area contributed by atoms with Gasteiger partial charge in [-0.1, -0.05) is 0 Å². The normalized spacial score (nSPS) is 24.5. The lowest BCUT2D eigenvalue weighted by atomic mass is 9.81. The van der Waals surface area contributed by atoms with E-state index in [1.54, 1.807) is 16.9 Å². The summed E-state index contributed by atoms with van der Waals surface area (Å²) in [7, 11) is 0. The maximum absolute atomic E-state index is 13.5. The molecule has 1 amide bonds. The summed E-state index contributed by atoms with van der Waals surface area (Å²) in [6.07, 6.45) is 4.44. The number of carbonyl (C=O) groups excluding carboxylic acids is 1. The molecule has 2 atom stereocenters. The number of hydrogen-bond donors (Lipinski definition) is 2. The number of rotatable bonds is 8. The molecule has 5 rings (SSSR count). The van der Waals surface area contributed by atoms with Crippen LogP contribution in [0.4, 0.5) is 17.6 Å². The first-order valence-electron chi connectivity index (χ1n) is 11.9. The first kappa shape index (κ1) is 23.5. The van der Waals surface area contributed by atoms with Crippen LogP contribution in [0.5, 0.6) is 0 Å². The van der Waals surface area contributed by atoms with Crippen LogP contribution in [0.1, 0.15) is 74.7 Å². The van der Waals surface area contributed by atoms with Gasteiger partial charge in [0.1, 0.15) is 6.61 Å². The quantitative estimate of drug-likeness (QED) is 0.555. The van der Waals surface area contributed by atoms with Crippen molar-refractivity contribution in [2.45, 2.75) is 81.4 Å². The predicted octanol–water partition coefficient (Wildman–Crippen LogP) is 3.94. The lowest BCUT2D eigenvalue weighted by molar-refractivity contribution is -0.170. The lowest BCUT2D eigenvalue weighted by Gasteiger charge is -2.34. The van der Waals surface area contributed by atoms with Crippen LogP contribution in [-0.4, -0.2) is 45.1 Å². The second kappa shape index (κ2) is 8.75. The number of aromatic nitrogens is 3. The first-order valence-corrected chi connectivity index (χ1v) is 11.9. The summed E-state index contributed by atoms with van der Waals surface area (Å²) < 4.78 is 59.8. The van der Waals surface area contributed by atoms with E-state index in [1.807, 2.05) is 6.07 Å². The van der Waals surface area contributed by atoms with Gasteiger partial charge in [-0.05, 0) is 49.1 Å². The molecule has 3 N–H and O–H groups in total. The van der Waals surface area contributed by atoms with E-state index >= 15 is 0 Å². The van der Waals surface area contributed by atoms with Gasteiger partial charge in [0.2, 0.25) is 11.8 Å². The number of imidazole rings is 1. The van der Waals surface area contributed by atoms with Crippen molar-refractivity contribution in [3.8, 4) is 0 Å². The van der Waals surface area contributed by atoms with Gasteiger partial charge in [0, 0.05) is 25.7 Å². The molecule has 0 spiro atoms. The summed E-state index contributed by atoms with van der Waals surface area (Å²) in [5, 5.41) is 7.37. The van der Waals surface area contributed by atoms with Gasteiger partial charge in [0.25, 0.3) is 5.92 Å². The molecule has 7 nitrogen and oxygen atoms in total. The van der Waals surface area contributed by atoms with E-state index in [9.17, 15) is 22.4 Å². The standard InChI is InChI=1S/C23H29F4N5O2/c24-22(25)5-3-13(4-6-22)20(28)17-11-32-18(30-17)7-15(10-29-32)21(14-1-2-14)31-19(33)12-34-16-8-23(26,27)9-16/h7,10-11,13-14,16,20-21H,1-6,8-9,12,28H2,(H,31,33)/t20-,21+/m0/s1. The average molecular weight is 484 g/mol. The highest BCUT2D eigenvalue weighted by Gasteiger charge is 2.46. The number of amides is 1. The van der Waals surface area contributed by atoms with Crippen molar-refractivity contribution in [3.05, 3.63) is 29.7 Å². The molecule has 0 aromatic carbocycles. The SMILES string of the molecule is N[C@H](c1cn2ncc([C@H](NC(=O)COC3CC(F)(F)C3)C3CC3)cc2n1)C1CCC(F)(F)CC1. The Morgan fingerprint density at radius 3 is 2.50 bits per heavy atom. The third-order valence-electron chi connectivity index (χ3n) is 7.24. The van der Waals surface area contributed by atoms with E-state index in [1.165, 1.54) is 0 Å². The average Bonchev–Trinajstić information content (AvgIpc) is 3.51. The van der Waals surface area contributed by atoms with Gasteiger partial charge >= 0.3 is 0 Å². The van der Waals surface area contributed by atoms with Crippen LogP contribution in [0.15, 0.2) is 18.5 Å². The zero-order valence-electron chi connectivity index (χ0n) is 18.7. The minimum Gasteiger partial charge on any atom is -0.368 e. The molecule has 3 aliphatic carbocycles. The maximum atomic E-state index is 13.5. The van der Waals surface area contributed by atoms with Gasteiger partial charge < -0.3 is 15.8 Å². The summed E-state index contributed by atoms with van der Waals surface area (Å²) in [6, 6.07) is 1.12. The van der Waals surface area contributed by atoms with Crippen LogP contribution < -0.4 is 11.1 Å². The molecule has 3 fully saturated rings. The van der Waals surface area contributed by atoms with Crippen molar-refractivity contribution in [1.82, 2.24) is 19.9 Å². The summed E-state index contributed by atoms with van der Waals surface area (Å²) in [5.74, 6) is -5.44. The van der Waals surface area contributed by atoms with E-state index < -0.39 is 24.0 Å². The second-order valence-electron chi connectivity index (χ2n) is 10.1. The molecule has 0 saturated heterocycles. The van der Waals surface area contributed by atoms with Crippen molar-refractivity contribution >= 4 is 11.6 Å². The van der Waals surface area contributed by atoms with Crippen LogP contribution in [0.25, 0.3) is 5.65 Å². The molecule has 11 heteroatoms. The highest BCUT2D eigenvalue weighted by molar-refractivity contribution is 5.77. The van der Waals surface area contributed by atoms with Crippen molar-refractivity contribution in [3.63, 3.8) is 0 Å². The van der Waals surface area contributed by atoms with Crippen LogP contribution >= 0.6 is 0 Å².